The molecule has 10 nitrogen and oxygen atoms in total. The zero-order valence-corrected chi connectivity index (χ0v) is 16.9. The molecular weight excluding hydrogens is 412 g/mol. The molecule has 0 spiro atoms. The molecule has 1 aromatic carbocycles. The fraction of sp³-hybridized carbons (Fsp3) is 0.476. The van der Waals surface area contributed by atoms with Crippen molar-refractivity contribution >= 4 is 11.0 Å². The number of allylic oxidation sites excluding steroid dienone is 1. The van der Waals surface area contributed by atoms with Crippen LogP contribution in [0.2, 0.25) is 0 Å². The van der Waals surface area contributed by atoms with Gasteiger partial charge < -0.3 is 44.2 Å². The number of aromatic hydroxyl groups is 1. The highest BCUT2D eigenvalue weighted by atomic mass is 16.7. The van der Waals surface area contributed by atoms with E-state index in [0.717, 1.165) is 6.42 Å². The normalized spacial score (nSPS) is 26.4. The molecule has 31 heavy (non-hydrogen) atoms. The molecule has 2 aromatic rings. The Labute approximate surface area is 177 Å². The Morgan fingerprint density at radius 1 is 1.13 bits per heavy atom. The molecular formula is C21H26O10. The van der Waals surface area contributed by atoms with E-state index < -0.39 is 42.9 Å². The van der Waals surface area contributed by atoms with Gasteiger partial charge in [-0.3, -0.25) is 0 Å². The topological polar surface area (TPSA) is 159 Å². The van der Waals surface area contributed by atoms with Crippen LogP contribution in [0.4, 0.5) is 0 Å². The van der Waals surface area contributed by atoms with Crippen molar-refractivity contribution in [2.45, 2.75) is 50.5 Å². The van der Waals surface area contributed by atoms with Crippen LogP contribution in [0.3, 0.4) is 0 Å². The number of hydrogen-bond donors (Lipinski definition) is 5. The van der Waals surface area contributed by atoms with Gasteiger partial charge in [0.25, 0.3) is 0 Å². The van der Waals surface area contributed by atoms with E-state index in [4.69, 9.17) is 18.6 Å². The molecule has 0 radical (unpaired) electrons. The highest BCUT2D eigenvalue weighted by molar-refractivity contribution is 5.86. The van der Waals surface area contributed by atoms with Crippen LogP contribution in [-0.4, -0.2) is 69.5 Å². The van der Waals surface area contributed by atoms with Crippen molar-refractivity contribution in [3.05, 3.63) is 40.8 Å². The molecule has 1 aromatic heterocycles. The van der Waals surface area contributed by atoms with Gasteiger partial charge in [0.1, 0.15) is 35.7 Å². The maximum absolute atomic E-state index is 12.2. The molecule has 1 fully saturated rings. The molecule has 0 amide bonds. The third kappa shape index (κ3) is 5.00. The molecule has 5 N–H and O–H groups in total. The maximum atomic E-state index is 12.2. The van der Waals surface area contributed by atoms with Gasteiger partial charge in [-0.1, -0.05) is 19.1 Å². The number of fused-ring (bicyclic) bond motifs is 1. The van der Waals surface area contributed by atoms with Gasteiger partial charge in [-0.25, -0.2) is 4.79 Å². The van der Waals surface area contributed by atoms with Crippen LogP contribution in [0.25, 0.3) is 11.0 Å². The number of benzene rings is 1. The third-order valence-electron chi connectivity index (χ3n) is 4.85. The van der Waals surface area contributed by atoms with E-state index in [1.807, 2.05) is 19.1 Å². The SMILES string of the molecule is CC/C=C/CCOc1c(O)c2ccc(O[C@@H]3O[C@H](CO)[C@H](O)[C@H](O)[C@H]3O)cc2oc1=O. The lowest BCUT2D eigenvalue weighted by molar-refractivity contribution is -0.277. The monoisotopic (exact) mass is 438 g/mol. The standard InChI is InChI=1S/C21H26O10/c1-2-3-4-5-8-28-19-15(23)12-7-6-11(9-13(12)30-20(19)27)29-21-18(26)17(25)16(24)14(10-22)31-21/h3-4,6-7,9,14,16-18,21-26H,2,5,8,10H2,1H3/b4-3+/t14-,16+,17+,18-,21-/m1/s1. The second-order valence-corrected chi connectivity index (χ2v) is 7.06. The van der Waals surface area contributed by atoms with Crippen LogP contribution in [0.15, 0.2) is 39.6 Å². The lowest BCUT2D eigenvalue weighted by Crippen LogP contribution is -2.60. The van der Waals surface area contributed by atoms with Crippen molar-refractivity contribution in [1.29, 1.82) is 0 Å². The molecule has 0 saturated carbocycles. The van der Waals surface area contributed by atoms with E-state index in [0.29, 0.717) is 6.42 Å². The van der Waals surface area contributed by atoms with Crippen molar-refractivity contribution < 1.29 is 44.2 Å². The number of rotatable bonds is 8. The zero-order chi connectivity index (χ0) is 22.5. The first-order valence-corrected chi connectivity index (χ1v) is 9.92. The summed E-state index contributed by atoms with van der Waals surface area (Å²) >= 11 is 0. The summed E-state index contributed by atoms with van der Waals surface area (Å²) in [6, 6.07) is 4.15. The molecule has 170 valence electrons. The van der Waals surface area contributed by atoms with Gasteiger partial charge in [-0.15, -0.1) is 0 Å². The Bertz CT molecular complexity index is 967. The van der Waals surface area contributed by atoms with Crippen molar-refractivity contribution in [3.8, 4) is 17.2 Å². The van der Waals surface area contributed by atoms with Gasteiger partial charge in [0.2, 0.25) is 12.0 Å². The third-order valence-corrected chi connectivity index (χ3v) is 4.85. The Hall–Kier alpha value is -2.63. The van der Waals surface area contributed by atoms with E-state index in [2.05, 4.69) is 0 Å². The summed E-state index contributed by atoms with van der Waals surface area (Å²) in [5.74, 6) is -0.567. The van der Waals surface area contributed by atoms with Gasteiger partial charge in [-0.05, 0) is 25.0 Å². The summed E-state index contributed by atoms with van der Waals surface area (Å²) in [5.41, 5.74) is -0.864. The van der Waals surface area contributed by atoms with Crippen LogP contribution in [0, 0.1) is 0 Å². The molecule has 1 saturated heterocycles. The minimum atomic E-state index is -1.59. The van der Waals surface area contributed by atoms with Crippen LogP contribution in [0.5, 0.6) is 17.2 Å². The minimum absolute atomic E-state index is 0.00261. The largest absolute Gasteiger partial charge is 0.504 e. The highest BCUT2D eigenvalue weighted by Gasteiger charge is 2.44. The van der Waals surface area contributed by atoms with Crippen LogP contribution in [-0.2, 0) is 4.74 Å². The quantitative estimate of drug-likeness (QED) is 0.222. The highest BCUT2D eigenvalue weighted by Crippen LogP contribution is 2.34. The Kier molecular flexibility index (Phi) is 7.52. The van der Waals surface area contributed by atoms with Crippen LogP contribution < -0.4 is 15.1 Å². The molecule has 5 atom stereocenters. The summed E-state index contributed by atoms with van der Waals surface area (Å²) in [6.07, 6.45) is -1.90. The van der Waals surface area contributed by atoms with Gasteiger partial charge >= 0.3 is 5.63 Å². The van der Waals surface area contributed by atoms with Crippen LogP contribution >= 0.6 is 0 Å². The van der Waals surface area contributed by atoms with E-state index >= 15 is 0 Å². The molecule has 0 unspecified atom stereocenters. The fourth-order valence-electron chi connectivity index (χ4n) is 3.16. The van der Waals surface area contributed by atoms with E-state index in [1.165, 1.54) is 18.2 Å². The molecule has 0 bridgehead atoms. The van der Waals surface area contributed by atoms with Gasteiger partial charge in [0, 0.05) is 6.07 Å². The predicted octanol–water partition coefficient (Wildman–Crippen LogP) is 0.412. The molecule has 1 aliphatic rings. The second kappa shape index (κ2) is 10.1. The van der Waals surface area contributed by atoms with Crippen molar-refractivity contribution in [3.63, 3.8) is 0 Å². The average Bonchev–Trinajstić information content (AvgIpc) is 2.75. The summed E-state index contributed by atoms with van der Waals surface area (Å²) in [5, 5.41) is 49.7. The fourth-order valence-corrected chi connectivity index (χ4v) is 3.16. The molecule has 2 heterocycles. The first-order valence-electron chi connectivity index (χ1n) is 9.92. The molecule has 3 rings (SSSR count). The second-order valence-electron chi connectivity index (χ2n) is 7.06. The van der Waals surface area contributed by atoms with E-state index in [1.54, 1.807) is 0 Å². The van der Waals surface area contributed by atoms with Gasteiger partial charge in [0.05, 0.1) is 18.6 Å². The molecule has 10 heteroatoms. The lowest BCUT2D eigenvalue weighted by atomic mass is 9.99. The maximum Gasteiger partial charge on any atom is 0.383 e. The predicted molar refractivity (Wildman–Crippen MR) is 108 cm³/mol. The Morgan fingerprint density at radius 2 is 1.90 bits per heavy atom. The van der Waals surface area contributed by atoms with Gasteiger partial charge in [-0.2, -0.15) is 0 Å². The van der Waals surface area contributed by atoms with Crippen LogP contribution in [0.1, 0.15) is 19.8 Å². The summed E-state index contributed by atoms with van der Waals surface area (Å²) in [6.45, 7) is 1.59. The number of aliphatic hydroxyl groups excluding tert-OH is 4. The van der Waals surface area contributed by atoms with E-state index in [-0.39, 0.29) is 34.8 Å². The van der Waals surface area contributed by atoms with Crippen molar-refractivity contribution in [2.75, 3.05) is 13.2 Å². The smallest absolute Gasteiger partial charge is 0.383 e. The summed E-state index contributed by atoms with van der Waals surface area (Å²) in [4.78, 5) is 12.2. The minimum Gasteiger partial charge on any atom is -0.504 e. The molecule has 0 aliphatic carbocycles. The number of ether oxygens (including phenoxy) is 3. The number of hydrogen-bond acceptors (Lipinski definition) is 10. The number of aliphatic hydroxyl groups is 4. The summed E-state index contributed by atoms with van der Waals surface area (Å²) in [7, 11) is 0. The Balaban J connectivity index is 1.79. The lowest BCUT2D eigenvalue weighted by Gasteiger charge is -2.39. The zero-order valence-electron chi connectivity index (χ0n) is 16.9. The Morgan fingerprint density at radius 3 is 2.61 bits per heavy atom. The average molecular weight is 438 g/mol. The first kappa shape index (κ1) is 23.0. The van der Waals surface area contributed by atoms with Gasteiger partial charge in [0.15, 0.2) is 5.75 Å². The summed E-state index contributed by atoms with van der Waals surface area (Å²) < 4.78 is 21.4. The molecule has 1 aliphatic heterocycles. The van der Waals surface area contributed by atoms with Crippen molar-refractivity contribution in [1.82, 2.24) is 0 Å². The van der Waals surface area contributed by atoms with Crippen molar-refractivity contribution in [2.24, 2.45) is 0 Å². The first-order chi connectivity index (χ1) is 14.9. The van der Waals surface area contributed by atoms with E-state index in [9.17, 15) is 30.3 Å².